The number of carbonyl (C=O) groups excluding carboxylic acids is 1. The molecule has 0 aliphatic heterocycles. The van der Waals surface area contributed by atoms with Gasteiger partial charge in [-0.1, -0.05) is 17.8 Å². The molecule has 0 N–H and O–H groups in total. The largest absolute Gasteiger partial charge is 0.494 e. The van der Waals surface area contributed by atoms with Gasteiger partial charge in [-0.2, -0.15) is 0 Å². The minimum atomic E-state index is -0.0125. The fourth-order valence-corrected chi connectivity index (χ4v) is 2.45. The van der Waals surface area contributed by atoms with Crippen molar-refractivity contribution >= 4 is 17.3 Å². The van der Waals surface area contributed by atoms with Gasteiger partial charge in [-0.25, -0.2) is 0 Å². The van der Waals surface area contributed by atoms with Crippen LogP contribution in [0, 0.1) is 0 Å². The van der Waals surface area contributed by atoms with Crippen LogP contribution in [-0.2, 0) is 6.42 Å². The van der Waals surface area contributed by atoms with E-state index in [0.717, 1.165) is 35.8 Å². The Balaban J connectivity index is 2.21. The van der Waals surface area contributed by atoms with E-state index in [9.17, 15) is 4.79 Å². The van der Waals surface area contributed by atoms with Gasteiger partial charge in [0.15, 0.2) is 0 Å². The van der Waals surface area contributed by atoms with Crippen molar-refractivity contribution < 1.29 is 9.53 Å². The van der Waals surface area contributed by atoms with E-state index in [-0.39, 0.29) is 5.78 Å². The molecular weight excluding hydrogens is 260 g/mol. The summed E-state index contributed by atoms with van der Waals surface area (Å²) in [5.41, 5.74) is 1.44. The molecule has 1 aromatic heterocycles. The second kappa shape index (κ2) is 6.43. The summed E-state index contributed by atoms with van der Waals surface area (Å²) in [6.07, 6.45) is 1.74. The van der Waals surface area contributed by atoms with Crippen molar-refractivity contribution in [1.29, 1.82) is 0 Å². The molecule has 0 radical (unpaired) electrons. The van der Waals surface area contributed by atoms with E-state index in [2.05, 4.69) is 16.5 Å². The summed E-state index contributed by atoms with van der Waals surface area (Å²) < 4.78 is 9.24. The van der Waals surface area contributed by atoms with Crippen LogP contribution in [0.4, 0.5) is 0 Å². The first-order valence-electron chi connectivity index (χ1n) is 6.35. The van der Waals surface area contributed by atoms with Crippen molar-refractivity contribution in [2.75, 3.05) is 6.61 Å². The van der Waals surface area contributed by atoms with Crippen LogP contribution in [0.1, 0.15) is 41.2 Å². The lowest BCUT2D eigenvalue weighted by Crippen LogP contribution is -2.03. The van der Waals surface area contributed by atoms with Gasteiger partial charge in [0, 0.05) is 5.56 Å². The van der Waals surface area contributed by atoms with Gasteiger partial charge in [0.2, 0.25) is 5.78 Å². The van der Waals surface area contributed by atoms with E-state index in [1.165, 1.54) is 0 Å². The highest BCUT2D eigenvalue weighted by Crippen LogP contribution is 2.20. The van der Waals surface area contributed by atoms with Crippen LogP contribution >= 0.6 is 11.5 Å². The highest BCUT2D eigenvalue weighted by Gasteiger charge is 2.17. The minimum absolute atomic E-state index is 0.0125. The van der Waals surface area contributed by atoms with Crippen LogP contribution in [-0.4, -0.2) is 22.0 Å². The maximum atomic E-state index is 12.4. The van der Waals surface area contributed by atoms with Crippen LogP contribution < -0.4 is 4.74 Å². The Morgan fingerprint density at radius 1 is 1.26 bits per heavy atom. The second-order valence-corrected chi connectivity index (χ2v) is 4.84. The summed E-state index contributed by atoms with van der Waals surface area (Å²) in [5.74, 6) is 0.761. The lowest BCUT2D eigenvalue weighted by Gasteiger charge is -2.04. The number of aromatic nitrogens is 2. The van der Waals surface area contributed by atoms with Crippen molar-refractivity contribution in [2.45, 2.75) is 26.7 Å². The van der Waals surface area contributed by atoms with Crippen molar-refractivity contribution in [2.24, 2.45) is 0 Å². The Labute approximate surface area is 116 Å². The summed E-state index contributed by atoms with van der Waals surface area (Å²) in [6, 6.07) is 7.18. The zero-order chi connectivity index (χ0) is 13.7. The molecule has 1 aromatic carbocycles. The van der Waals surface area contributed by atoms with E-state index < -0.39 is 0 Å². The molecule has 2 aromatic rings. The fourth-order valence-electron chi connectivity index (χ4n) is 1.78. The van der Waals surface area contributed by atoms with Gasteiger partial charge in [0.1, 0.15) is 10.6 Å². The number of benzene rings is 1. The fraction of sp³-hybridized carbons (Fsp3) is 0.357. The standard InChI is InChI=1S/C14H16N2O2S/c1-3-5-12-14(19-16-15-12)13(17)10-6-8-11(9-7-10)18-4-2/h6-9H,3-5H2,1-2H3. The zero-order valence-electron chi connectivity index (χ0n) is 11.0. The van der Waals surface area contributed by atoms with E-state index in [0.29, 0.717) is 17.0 Å². The van der Waals surface area contributed by atoms with Crippen LogP contribution in [0.2, 0.25) is 0 Å². The average Bonchev–Trinajstić information content (AvgIpc) is 2.88. The van der Waals surface area contributed by atoms with Crippen LogP contribution in [0.25, 0.3) is 0 Å². The first-order valence-corrected chi connectivity index (χ1v) is 7.12. The van der Waals surface area contributed by atoms with Crippen molar-refractivity contribution in [3.8, 4) is 5.75 Å². The van der Waals surface area contributed by atoms with E-state index in [1.54, 1.807) is 12.1 Å². The first-order chi connectivity index (χ1) is 9.26. The molecule has 0 saturated heterocycles. The molecule has 5 heteroatoms. The molecule has 1 heterocycles. The number of nitrogens with zero attached hydrogens (tertiary/aromatic N) is 2. The minimum Gasteiger partial charge on any atom is -0.494 e. The quantitative estimate of drug-likeness (QED) is 0.761. The average molecular weight is 276 g/mol. The third-order valence-corrected chi connectivity index (χ3v) is 3.44. The summed E-state index contributed by atoms with van der Waals surface area (Å²) in [5, 5.41) is 4.02. The molecule has 0 aliphatic rings. The monoisotopic (exact) mass is 276 g/mol. The van der Waals surface area contributed by atoms with Crippen LogP contribution in [0.15, 0.2) is 24.3 Å². The summed E-state index contributed by atoms with van der Waals surface area (Å²) in [7, 11) is 0. The van der Waals surface area contributed by atoms with Crippen molar-refractivity contribution in [1.82, 2.24) is 9.59 Å². The Bertz CT molecular complexity index is 549. The number of ether oxygens (including phenoxy) is 1. The van der Waals surface area contributed by atoms with Gasteiger partial charge in [-0.05, 0) is 49.1 Å². The number of hydrogen-bond acceptors (Lipinski definition) is 5. The molecule has 0 saturated carbocycles. The van der Waals surface area contributed by atoms with E-state index in [4.69, 9.17) is 4.74 Å². The molecule has 100 valence electrons. The maximum Gasteiger partial charge on any atom is 0.206 e. The second-order valence-electron chi connectivity index (χ2n) is 4.09. The SMILES string of the molecule is CCCc1nnsc1C(=O)c1ccc(OCC)cc1. The van der Waals surface area contributed by atoms with Crippen LogP contribution in [0.3, 0.4) is 0 Å². The van der Waals surface area contributed by atoms with Gasteiger partial charge < -0.3 is 4.74 Å². The zero-order valence-corrected chi connectivity index (χ0v) is 11.9. The Kier molecular flexibility index (Phi) is 4.63. The molecule has 0 unspecified atom stereocenters. The third-order valence-electron chi connectivity index (χ3n) is 2.68. The molecule has 0 bridgehead atoms. The summed E-state index contributed by atoms with van der Waals surface area (Å²) in [6.45, 7) is 4.61. The topological polar surface area (TPSA) is 52.1 Å². The Morgan fingerprint density at radius 3 is 2.63 bits per heavy atom. The van der Waals surface area contributed by atoms with Gasteiger partial charge in [-0.15, -0.1) is 5.10 Å². The lowest BCUT2D eigenvalue weighted by atomic mass is 10.1. The van der Waals surface area contributed by atoms with Gasteiger partial charge in [0.25, 0.3) is 0 Å². The third kappa shape index (κ3) is 3.17. The smallest absolute Gasteiger partial charge is 0.206 e. The predicted molar refractivity (Wildman–Crippen MR) is 74.9 cm³/mol. The molecule has 4 nitrogen and oxygen atoms in total. The predicted octanol–water partition coefficient (Wildman–Crippen LogP) is 3.12. The first kappa shape index (κ1) is 13.7. The number of ketones is 1. The molecule has 2 rings (SSSR count). The maximum absolute atomic E-state index is 12.4. The van der Waals surface area contributed by atoms with E-state index in [1.807, 2.05) is 19.1 Å². The number of carbonyl (C=O) groups is 1. The normalized spacial score (nSPS) is 10.4. The van der Waals surface area contributed by atoms with Gasteiger partial charge >= 0.3 is 0 Å². The molecular formula is C14H16N2O2S. The number of aryl methyl sites for hydroxylation is 1. The van der Waals surface area contributed by atoms with Gasteiger partial charge in [-0.3, -0.25) is 4.79 Å². The van der Waals surface area contributed by atoms with Crippen LogP contribution in [0.5, 0.6) is 5.75 Å². The summed E-state index contributed by atoms with van der Waals surface area (Å²) >= 11 is 1.16. The highest BCUT2D eigenvalue weighted by molar-refractivity contribution is 7.08. The molecule has 0 spiro atoms. The summed E-state index contributed by atoms with van der Waals surface area (Å²) in [4.78, 5) is 13.0. The molecule has 0 fully saturated rings. The number of rotatable bonds is 6. The van der Waals surface area contributed by atoms with Gasteiger partial charge in [0.05, 0.1) is 12.3 Å². The molecule has 0 amide bonds. The van der Waals surface area contributed by atoms with E-state index >= 15 is 0 Å². The lowest BCUT2D eigenvalue weighted by molar-refractivity contribution is 0.104. The number of hydrogen-bond donors (Lipinski definition) is 0. The molecule has 0 atom stereocenters. The Hall–Kier alpha value is -1.75. The molecule has 19 heavy (non-hydrogen) atoms. The molecule has 0 aliphatic carbocycles. The van der Waals surface area contributed by atoms with Crippen molar-refractivity contribution in [3.63, 3.8) is 0 Å². The highest BCUT2D eigenvalue weighted by atomic mass is 32.1. The van der Waals surface area contributed by atoms with Crippen molar-refractivity contribution in [3.05, 3.63) is 40.4 Å². The Morgan fingerprint density at radius 2 is 2.00 bits per heavy atom.